The lowest BCUT2D eigenvalue weighted by atomic mass is 10.1. The smallest absolute Gasteiger partial charge is 0.270 e. The average Bonchev–Trinajstić information content (AvgIpc) is 2.28. The third-order valence-corrected chi connectivity index (χ3v) is 1.79. The molecule has 0 aliphatic heterocycles. The van der Waals surface area contributed by atoms with Crippen molar-refractivity contribution in [1.82, 2.24) is 5.43 Å². The highest BCUT2D eigenvalue weighted by Crippen LogP contribution is 2.12. The van der Waals surface area contributed by atoms with Gasteiger partial charge in [-0.1, -0.05) is 12.1 Å². The molecule has 0 fully saturated rings. The lowest BCUT2D eigenvalue weighted by Gasteiger charge is -1.96. The van der Waals surface area contributed by atoms with E-state index in [0.29, 0.717) is 0 Å². The van der Waals surface area contributed by atoms with E-state index in [2.05, 4.69) is 22.7 Å². The van der Waals surface area contributed by atoms with Gasteiger partial charge >= 0.3 is 0 Å². The number of benzene rings is 1. The van der Waals surface area contributed by atoms with Gasteiger partial charge in [-0.3, -0.25) is 20.3 Å². The van der Waals surface area contributed by atoms with E-state index in [4.69, 9.17) is 5.73 Å². The quantitative estimate of drug-likeness (QED) is 0.267. The molecule has 88 valence electrons. The van der Waals surface area contributed by atoms with E-state index in [1.165, 1.54) is 18.2 Å². The predicted octanol–water partition coefficient (Wildman–Crippen LogP) is 0.597. The first kappa shape index (κ1) is 12.7. The van der Waals surface area contributed by atoms with Crippen LogP contribution in [0.4, 0.5) is 5.69 Å². The van der Waals surface area contributed by atoms with E-state index >= 15 is 0 Å². The molecule has 1 aromatic rings. The zero-order valence-electron chi connectivity index (χ0n) is 8.49. The van der Waals surface area contributed by atoms with Crippen molar-refractivity contribution in [3.05, 3.63) is 39.9 Å². The molecule has 0 saturated carbocycles. The number of carbonyl (C=O) groups excluding carboxylic acids is 1. The Morgan fingerprint density at radius 2 is 2.29 bits per heavy atom. The summed E-state index contributed by atoms with van der Waals surface area (Å²) in [5.74, 6) is -0.488. The van der Waals surface area contributed by atoms with Gasteiger partial charge in [0, 0.05) is 17.7 Å². The molecule has 0 amide bonds. The molecule has 0 aliphatic rings. The van der Waals surface area contributed by atoms with Gasteiger partial charge in [0.2, 0.25) is 5.78 Å². The normalized spacial score (nSPS) is 10.1. The first-order valence-electron chi connectivity index (χ1n) is 4.38. The molecule has 17 heavy (non-hydrogen) atoms. The van der Waals surface area contributed by atoms with E-state index in [9.17, 15) is 14.9 Å². The number of Topliss-reactive ketones (excluding diaryl/α,β-unsaturated/α-hetero) is 1. The highest BCUT2D eigenvalue weighted by Gasteiger charge is 2.09. The summed E-state index contributed by atoms with van der Waals surface area (Å²) in [4.78, 5) is 21.4. The SMILES string of the molecule is NC(=S)NN=CC(=O)c1cccc([N+](=O)[O-])c1. The van der Waals surface area contributed by atoms with Crippen LogP contribution in [-0.2, 0) is 0 Å². The Labute approximate surface area is 101 Å². The van der Waals surface area contributed by atoms with Gasteiger partial charge in [-0.15, -0.1) is 0 Å². The van der Waals surface area contributed by atoms with Crippen LogP contribution in [0.3, 0.4) is 0 Å². The zero-order valence-corrected chi connectivity index (χ0v) is 9.31. The van der Waals surface area contributed by atoms with E-state index in [0.717, 1.165) is 12.3 Å². The van der Waals surface area contributed by atoms with Crippen LogP contribution in [0.15, 0.2) is 29.4 Å². The minimum Gasteiger partial charge on any atom is -0.375 e. The third kappa shape index (κ3) is 3.95. The number of non-ortho nitro benzene ring substituents is 1. The highest BCUT2D eigenvalue weighted by atomic mass is 32.1. The highest BCUT2D eigenvalue weighted by molar-refractivity contribution is 7.80. The lowest BCUT2D eigenvalue weighted by molar-refractivity contribution is -0.384. The monoisotopic (exact) mass is 252 g/mol. The molecule has 3 N–H and O–H groups in total. The maximum absolute atomic E-state index is 11.5. The van der Waals surface area contributed by atoms with Crippen LogP contribution in [0, 0.1) is 10.1 Å². The first-order chi connectivity index (χ1) is 8.00. The van der Waals surface area contributed by atoms with E-state index in [-0.39, 0.29) is 16.4 Å². The molecule has 7 nitrogen and oxygen atoms in total. The number of nitrogens with zero attached hydrogens (tertiary/aromatic N) is 2. The first-order valence-corrected chi connectivity index (χ1v) is 4.79. The molecule has 0 unspecified atom stereocenters. The van der Waals surface area contributed by atoms with Crippen LogP contribution in [0.5, 0.6) is 0 Å². The Morgan fingerprint density at radius 3 is 2.88 bits per heavy atom. The van der Waals surface area contributed by atoms with Gasteiger partial charge in [0.1, 0.15) is 0 Å². The van der Waals surface area contributed by atoms with Gasteiger partial charge in [-0.2, -0.15) is 5.10 Å². The second-order valence-electron chi connectivity index (χ2n) is 2.91. The van der Waals surface area contributed by atoms with Gasteiger partial charge in [0.25, 0.3) is 5.69 Å². The van der Waals surface area contributed by atoms with E-state index in [1.807, 2.05) is 0 Å². The van der Waals surface area contributed by atoms with Crippen LogP contribution in [0.25, 0.3) is 0 Å². The van der Waals surface area contributed by atoms with Crippen molar-refractivity contribution in [2.45, 2.75) is 0 Å². The minimum atomic E-state index is -0.582. The second-order valence-corrected chi connectivity index (χ2v) is 3.35. The molecule has 1 aromatic carbocycles. The molecule has 0 aliphatic carbocycles. The summed E-state index contributed by atoms with van der Waals surface area (Å²) in [6, 6.07) is 5.32. The Kier molecular flexibility index (Phi) is 4.23. The average molecular weight is 252 g/mol. The van der Waals surface area contributed by atoms with E-state index < -0.39 is 10.7 Å². The number of hydrazone groups is 1. The number of nitro groups is 1. The predicted molar refractivity (Wildman–Crippen MR) is 65.8 cm³/mol. The summed E-state index contributed by atoms with van der Waals surface area (Å²) in [6.07, 6.45) is 0.943. The standard InChI is InChI=1S/C9H8N4O3S/c10-9(17)12-11-5-8(14)6-2-1-3-7(4-6)13(15)16/h1-5H,(H3,10,12,17). The lowest BCUT2D eigenvalue weighted by Crippen LogP contribution is -2.24. The minimum absolute atomic E-state index is 0.0758. The molecule has 0 radical (unpaired) electrons. The summed E-state index contributed by atoms with van der Waals surface area (Å²) in [5, 5.41) is 13.9. The summed E-state index contributed by atoms with van der Waals surface area (Å²) in [6.45, 7) is 0. The van der Waals surface area contributed by atoms with Gasteiger partial charge in [-0.25, -0.2) is 0 Å². The molecule has 8 heteroatoms. The van der Waals surface area contributed by atoms with Crippen molar-refractivity contribution >= 4 is 35.0 Å². The summed E-state index contributed by atoms with van der Waals surface area (Å²) >= 11 is 4.47. The Morgan fingerprint density at radius 1 is 1.59 bits per heavy atom. The van der Waals surface area contributed by atoms with Gasteiger partial charge in [0.15, 0.2) is 5.11 Å². The number of ketones is 1. The number of carbonyl (C=O) groups is 1. The van der Waals surface area contributed by atoms with Crippen molar-refractivity contribution in [2.75, 3.05) is 0 Å². The third-order valence-electron chi connectivity index (χ3n) is 1.70. The van der Waals surface area contributed by atoms with Crippen LogP contribution in [0.2, 0.25) is 0 Å². The van der Waals surface area contributed by atoms with Crippen LogP contribution < -0.4 is 11.2 Å². The number of nitrogens with one attached hydrogen (secondary N) is 1. The molecular formula is C9H8N4O3S. The fraction of sp³-hybridized carbons (Fsp3) is 0. The van der Waals surface area contributed by atoms with Crippen molar-refractivity contribution in [3.63, 3.8) is 0 Å². The number of rotatable bonds is 4. The van der Waals surface area contributed by atoms with Crippen molar-refractivity contribution in [1.29, 1.82) is 0 Å². The summed E-state index contributed by atoms with van der Waals surface area (Å²) in [5.41, 5.74) is 7.29. The number of hydrogen-bond donors (Lipinski definition) is 2. The maximum Gasteiger partial charge on any atom is 0.270 e. The van der Waals surface area contributed by atoms with Crippen LogP contribution >= 0.6 is 12.2 Å². The fourth-order valence-corrected chi connectivity index (χ4v) is 1.05. The van der Waals surface area contributed by atoms with E-state index in [1.54, 1.807) is 0 Å². The summed E-state index contributed by atoms with van der Waals surface area (Å²) < 4.78 is 0. The fourth-order valence-electron chi connectivity index (χ4n) is 1.00. The summed E-state index contributed by atoms with van der Waals surface area (Å²) in [7, 11) is 0. The Bertz CT molecular complexity index is 501. The number of nitro benzene ring substituents is 1. The molecule has 1 rings (SSSR count). The second kappa shape index (κ2) is 5.66. The Balaban J connectivity index is 2.82. The molecular weight excluding hydrogens is 244 g/mol. The number of thiocarbonyl (C=S) groups is 1. The molecule has 0 heterocycles. The Hall–Kier alpha value is -2.35. The van der Waals surface area contributed by atoms with Crippen molar-refractivity contribution in [2.24, 2.45) is 10.8 Å². The molecule has 0 spiro atoms. The van der Waals surface area contributed by atoms with Crippen LogP contribution in [0.1, 0.15) is 10.4 Å². The van der Waals surface area contributed by atoms with Crippen molar-refractivity contribution in [3.8, 4) is 0 Å². The van der Waals surface area contributed by atoms with Crippen molar-refractivity contribution < 1.29 is 9.72 Å². The van der Waals surface area contributed by atoms with Gasteiger partial charge in [0.05, 0.1) is 11.1 Å². The van der Waals surface area contributed by atoms with Gasteiger partial charge < -0.3 is 5.73 Å². The topological polar surface area (TPSA) is 111 Å². The molecule has 0 aromatic heterocycles. The number of hydrogen-bond acceptors (Lipinski definition) is 5. The number of nitrogens with two attached hydrogens (primary N) is 1. The largest absolute Gasteiger partial charge is 0.375 e. The molecule has 0 saturated heterocycles. The molecule has 0 bridgehead atoms. The van der Waals surface area contributed by atoms with Crippen LogP contribution in [-0.4, -0.2) is 22.0 Å². The van der Waals surface area contributed by atoms with Gasteiger partial charge in [-0.05, 0) is 12.2 Å². The molecule has 0 atom stereocenters. The zero-order chi connectivity index (χ0) is 12.8. The maximum atomic E-state index is 11.5.